The number of rotatable bonds is 2. The van der Waals surface area contributed by atoms with Gasteiger partial charge in [0.1, 0.15) is 0 Å². The van der Waals surface area contributed by atoms with E-state index in [-0.39, 0.29) is 10.8 Å². The maximum Gasteiger partial charge on any atom is 0.0835 e. The Kier molecular flexibility index (Phi) is 4.25. The monoisotopic (exact) mass is 286 g/mol. The molecular formula is C19H23Cl. The van der Waals surface area contributed by atoms with Gasteiger partial charge in [-0.15, -0.1) is 11.6 Å². The van der Waals surface area contributed by atoms with Crippen molar-refractivity contribution < 1.29 is 0 Å². The fourth-order valence-electron chi connectivity index (χ4n) is 2.27. The Balaban J connectivity index is 2.29. The summed E-state index contributed by atoms with van der Waals surface area (Å²) >= 11 is 6.62. The molecule has 0 radical (unpaired) electrons. The van der Waals surface area contributed by atoms with E-state index in [1.807, 2.05) is 0 Å². The van der Waals surface area contributed by atoms with Crippen molar-refractivity contribution in [2.24, 2.45) is 0 Å². The molecule has 0 aromatic heterocycles. The highest BCUT2D eigenvalue weighted by molar-refractivity contribution is 6.22. The van der Waals surface area contributed by atoms with Crippen molar-refractivity contribution in [3.05, 3.63) is 70.3 Å². The Hall–Kier alpha value is -1.27. The van der Waals surface area contributed by atoms with E-state index in [0.29, 0.717) is 0 Å². The smallest absolute Gasteiger partial charge is 0.0835 e. The number of aryl methyl sites for hydroxylation is 2. The van der Waals surface area contributed by atoms with Crippen LogP contribution in [0.2, 0.25) is 0 Å². The zero-order valence-electron chi connectivity index (χ0n) is 13.0. The molecule has 0 bridgehead atoms. The summed E-state index contributed by atoms with van der Waals surface area (Å²) in [5, 5.41) is -0.0803. The molecule has 0 fully saturated rings. The molecule has 0 heterocycles. The molecule has 0 aliphatic heterocycles. The van der Waals surface area contributed by atoms with E-state index < -0.39 is 0 Å². The quantitative estimate of drug-likeness (QED) is 0.600. The first kappa shape index (κ1) is 15.1. The molecule has 2 aromatic rings. The second kappa shape index (κ2) is 5.61. The second-order valence-electron chi connectivity index (χ2n) is 6.58. The third kappa shape index (κ3) is 3.24. The maximum atomic E-state index is 6.62. The zero-order valence-corrected chi connectivity index (χ0v) is 13.8. The average molecular weight is 287 g/mol. The van der Waals surface area contributed by atoms with E-state index in [1.54, 1.807) is 0 Å². The molecule has 0 spiro atoms. The van der Waals surface area contributed by atoms with Crippen molar-refractivity contribution in [3.8, 4) is 0 Å². The summed E-state index contributed by atoms with van der Waals surface area (Å²) in [6.45, 7) is 10.9. The fourth-order valence-corrected chi connectivity index (χ4v) is 2.55. The minimum Gasteiger partial charge on any atom is -0.113 e. The van der Waals surface area contributed by atoms with E-state index >= 15 is 0 Å². The summed E-state index contributed by atoms with van der Waals surface area (Å²) < 4.78 is 0. The third-order valence-electron chi connectivity index (χ3n) is 3.89. The van der Waals surface area contributed by atoms with Gasteiger partial charge >= 0.3 is 0 Å². The summed E-state index contributed by atoms with van der Waals surface area (Å²) in [5.74, 6) is 0. The Morgan fingerprint density at radius 3 is 1.85 bits per heavy atom. The zero-order chi connectivity index (χ0) is 14.9. The fraction of sp³-hybridized carbons (Fsp3) is 0.368. The third-order valence-corrected chi connectivity index (χ3v) is 4.40. The molecule has 0 aliphatic carbocycles. The van der Waals surface area contributed by atoms with Crippen LogP contribution in [0.1, 0.15) is 54.0 Å². The van der Waals surface area contributed by atoms with Gasteiger partial charge in [0.15, 0.2) is 0 Å². The summed E-state index contributed by atoms with van der Waals surface area (Å²) in [7, 11) is 0. The highest BCUT2D eigenvalue weighted by Crippen LogP contribution is 2.31. The Labute approximate surface area is 127 Å². The maximum absolute atomic E-state index is 6.62. The van der Waals surface area contributed by atoms with Crippen molar-refractivity contribution in [3.63, 3.8) is 0 Å². The molecule has 0 amide bonds. The van der Waals surface area contributed by atoms with Gasteiger partial charge in [0, 0.05) is 0 Å². The molecule has 20 heavy (non-hydrogen) atoms. The van der Waals surface area contributed by atoms with E-state index in [4.69, 9.17) is 11.6 Å². The van der Waals surface area contributed by atoms with Crippen LogP contribution in [-0.2, 0) is 5.41 Å². The summed E-state index contributed by atoms with van der Waals surface area (Å²) in [5.41, 5.74) is 6.44. The van der Waals surface area contributed by atoms with Gasteiger partial charge in [-0.1, -0.05) is 63.2 Å². The first-order valence-corrected chi connectivity index (χ1v) is 7.54. The lowest BCUT2D eigenvalue weighted by Gasteiger charge is -2.20. The van der Waals surface area contributed by atoms with Crippen molar-refractivity contribution >= 4 is 11.6 Å². The van der Waals surface area contributed by atoms with Gasteiger partial charge in [0.2, 0.25) is 0 Å². The first-order valence-electron chi connectivity index (χ1n) is 7.10. The molecule has 0 nitrogen and oxygen atoms in total. The van der Waals surface area contributed by atoms with Gasteiger partial charge in [-0.05, 0) is 47.1 Å². The van der Waals surface area contributed by atoms with Crippen LogP contribution in [0.15, 0.2) is 42.5 Å². The lowest BCUT2D eigenvalue weighted by molar-refractivity contribution is 0.590. The van der Waals surface area contributed by atoms with E-state index in [2.05, 4.69) is 77.1 Å². The van der Waals surface area contributed by atoms with Crippen LogP contribution < -0.4 is 0 Å². The van der Waals surface area contributed by atoms with Crippen LogP contribution in [0.4, 0.5) is 0 Å². The van der Waals surface area contributed by atoms with Crippen LogP contribution in [0, 0.1) is 13.8 Å². The molecule has 0 saturated carbocycles. The minimum atomic E-state index is -0.0803. The highest BCUT2D eigenvalue weighted by atomic mass is 35.5. The Morgan fingerprint density at radius 2 is 1.35 bits per heavy atom. The summed E-state index contributed by atoms with van der Waals surface area (Å²) in [6, 6.07) is 15.1. The van der Waals surface area contributed by atoms with Crippen LogP contribution >= 0.6 is 11.6 Å². The molecule has 1 unspecified atom stereocenters. The lowest BCUT2D eigenvalue weighted by Crippen LogP contribution is -2.10. The normalized spacial score (nSPS) is 13.3. The van der Waals surface area contributed by atoms with E-state index in [1.165, 1.54) is 22.3 Å². The molecule has 2 rings (SSSR count). The van der Waals surface area contributed by atoms with Crippen LogP contribution in [-0.4, -0.2) is 0 Å². The molecule has 106 valence electrons. The van der Waals surface area contributed by atoms with Gasteiger partial charge < -0.3 is 0 Å². The van der Waals surface area contributed by atoms with E-state index in [0.717, 1.165) is 5.56 Å². The van der Waals surface area contributed by atoms with Crippen molar-refractivity contribution in [1.82, 2.24) is 0 Å². The predicted molar refractivity (Wildman–Crippen MR) is 88.8 cm³/mol. The first-order chi connectivity index (χ1) is 9.29. The van der Waals surface area contributed by atoms with Crippen LogP contribution in [0.5, 0.6) is 0 Å². The van der Waals surface area contributed by atoms with Gasteiger partial charge in [0.05, 0.1) is 5.38 Å². The topological polar surface area (TPSA) is 0 Å². The van der Waals surface area contributed by atoms with Crippen molar-refractivity contribution in [2.45, 2.75) is 45.4 Å². The lowest BCUT2D eigenvalue weighted by atomic mass is 9.86. The molecule has 0 saturated heterocycles. The molecule has 0 N–H and O–H groups in total. The van der Waals surface area contributed by atoms with Crippen LogP contribution in [0.25, 0.3) is 0 Å². The molecule has 1 atom stereocenters. The molecule has 0 aliphatic rings. The Bertz CT molecular complexity index is 588. The molecular weight excluding hydrogens is 264 g/mol. The van der Waals surface area contributed by atoms with Gasteiger partial charge in [-0.2, -0.15) is 0 Å². The largest absolute Gasteiger partial charge is 0.113 e. The average Bonchev–Trinajstić information content (AvgIpc) is 2.40. The van der Waals surface area contributed by atoms with Crippen molar-refractivity contribution in [2.75, 3.05) is 0 Å². The second-order valence-corrected chi connectivity index (χ2v) is 7.01. The highest BCUT2D eigenvalue weighted by Gasteiger charge is 2.15. The summed E-state index contributed by atoms with van der Waals surface area (Å²) in [4.78, 5) is 0. The number of alkyl halides is 1. The minimum absolute atomic E-state index is 0.0803. The number of hydrogen-bond donors (Lipinski definition) is 0. The standard InChI is InChI=1S/C19H23Cl/c1-13-6-7-16(12-14(13)2)18(20)15-8-10-17(11-9-15)19(3,4)5/h6-12,18H,1-5H3. The van der Waals surface area contributed by atoms with Gasteiger partial charge in [-0.3, -0.25) is 0 Å². The van der Waals surface area contributed by atoms with Gasteiger partial charge in [-0.25, -0.2) is 0 Å². The number of hydrogen-bond acceptors (Lipinski definition) is 0. The summed E-state index contributed by atoms with van der Waals surface area (Å²) in [6.07, 6.45) is 0. The predicted octanol–water partition coefficient (Wildman–Crippen LogP) is 5.93. The number of benzene rings is 2. The SMILES string of the molecule is Cc1ccc(C(Cl)c2ccc(C(C)(C)C)cc2)cc1C. The number of halogens is 1. The van der Waals surface area contributed by atoms with E-state index in [9.17, 15) is 0 Å². The molecule has 2 aromatic carbocycles. The van der Waals surface area contributed by atoms with Gasteiger partial charge in [0.25, 0.3) is 0 Å². The van der Waals surface area contributed by atoms with Crippen molar-refractivity contribution in [1.29, 1.82) is 0 Å². The Morgan fingerprint density at radius 1 is 0.800 bits per heavy atom. The molecule has 1 heteroatoms. The van der Waals surface area contributed by atoms with Crippen LogP contribution in [0.3, 0.4) is 0 Å².